The summed E-state index contributed by atoms with van der Waals surface area (Å²) in [6.07, 6.45) is 0. The average molecular weight is 294 g/mol. The second kappa shape index (κ2) is 5.09. The molecule has 2 N–H and O–H groups in total. The van der Waals surface area contributed by atoms with Crippen molar-refractivity contribution in [2.24, 2.45) is 5.41 Å². The molecule has 0 atom stereocenters. The summed E-state index contributed by atoms with van der Waals surface area (Å²) in [5.41, 5.74) is -0.783. The molecule has 6 nitrogen and oxygen atoms in total. The summed E-state index contributed by atoms with van der Waals surface area (Å²) in [5.74, 6) is -1.08. The van der Waals surface area contributed by atoms with Crippen molar-refractivity contribution in [1.82, 2.24) is 4.98 Å². The van der Waals surface area contributed by atoms with Gasteiger partial charge in [0.05, 0.1) is 17.3 Å². The van der Waals surface area contributed by atoms with Gasteiger partial charge in [0.25, 0.3) is 0 Å². The summed E-state index contributed by atoms with van der Waals surface area (Å²) in [5, 5.41) is 11.9. The molecule has 2 aromatic rings. The first-order valence-corrected chi connectivity index (χ1v) is 6.65. The number of aromatic nitrogens is 1. The number of thiazole rings is 1. The summed E-state index contributed by atoms with van der Waals surface area (Å²) >= 11 is 1.27. The smallest absolute Gasteiger partial charge is 0.318 e. The predicted molar refractivity (Wildman–Crippen MR) is 76.2 cm³/mol. The molecule has 106 valence electrons. The second-order valence-electron chi connectivity index (χ2n) is 4.74. The Kier molecular flexibility index (Phi) is 3.63. The van der Waals surface area contributed by atoms with Crippen molar-refractivity contribution in [1.29, 1.82) is 0 Å². The van der Waals surface area contributed by atoms with Crippen LogP contribution in [0, 0.1) is 5.41 Å². The topological polar surface area (TPSA) is 88.5 Å². The quantitative estimate of drug-likeness (QED) is 0.845. The zero-order chi connectivity index (χ0) is 14.9. The van der Waals surface area contributed by atoms with Gasteiger partial charge in [0, 0.05) is 0 Å². The van der Waals surface area contributed by atoms with Crippen molar-refractivity contribution in [2.45, 2.75) is 13.8 Å². The standard InChI is InChI=1S/C13H14N2O4S/c1-13(2,11(17)18)10(16)15-12-14-8-5-4-7(19-3)6-9(8)20-12/h4-6H,1-3H3,(H,17,18)(H,14,15,16). The molecule has 0 fully saturated rings. The Morgan fingerprint density at radius 1 is 1.40 bits per heavy atom. The van der Waals surface area contributed by atoms with Crippen molar-refractivity contribution in [3.8, 4) is 5.75 Å². The van der Waals surface area contributed by atoms with E-state index in [9.17, 15) is 9.59 Å². The Bertz CT molecular complexity index is 678. The van der Waals surface area contributed by atoms with Gasteiger partial charge in [-0.25, -0.2) is 4.98 Å². The van der Waals surface area contributed by atoms with Crippen LogP contribution in [0.5, 0.6) is 5.75 Å². The largest absolute Gasteiger partial charge is 0.497 e. The molecule has 0 spiro atoms. The van der Waals surface area contributed by atoms with Gasteiger partial charge in [0.1, 0.15) is 11.2 Å². The maximum atomic E-state index is 11.9. The highest BCUT2D eigenvalue weighted by atomic mass is 32.1. The van der Waals surface area contributed by atoms with Gasteiger partial charge in [0.2, 0.25) is 5.91 Å². The number of fused-ring (bicyclic) bond motifs is 1. The van der Waals surface area contributed by atoms with E-state index >= 15 is 0 Å². The van der Waals surface area contributed by atoms with Crippen LogP contribution in [0.4, 0.5) is 5.13 Å². The van der Waals surface area contributed by atoms with Crippen LogP contribution in [0.15, 0.2) is 18.2 Å². The molecule has 0 saturated carbocycles. The first-order valence-electron chi connectivity index (χ1n) is 5.84. The molecule has 0 aliphatic rings. The molecule has 20 heavy (non-hydrogen) atoms. The third kappa shape index (κ3) is 2.57. The van der Waals surface area contributed by atoms with Crippen molar-refractivity contribution in [2.75, 3.05) is 12.4 Å². The molecule has 0 saturated heterocycles. The van der Waals surface area contributed by atoms with E-state index in [0.717, 1.165) is 10.2 Å². The number of anilines is 1. The van der Waals surface area contributed by atoms with Crippen LogP contribution in [0.3, 0.4) is 0 Å². The molecule has 0 aliphatic carbocycles. The van der Waals surface area contributed by atoms with Crippen molar-refractivity contribution >= 4 is 38.6 Å². The Morgan fingerprint density at radius 2 is 2.10 bits per heavy atom. The Balaban J connectivity index is 2.26. The number of hydrogen-bond donors (Lipinski definition) is 2. The van der Waals surface area contributed by atoms with Crippen LogP contribution in [0.25, 0.3) is 10.2 Å². The minimum absolute atomic E-state index is 0.368. The lowest BCUT2D eigenvalue weighted by molar-refractivity contribution is -0.151. The number of hydrogen-bond acceptors (Lipinski definition) is 5. The van der Waals surface area contributed by atoms with E-state index < -0.39 is 17.3 Å². The lowest BCUT2D eigenvalue weighted by Crippen LogP contribution is -2.37. The number of rotatable bonds is 4. The number of carboxylic acids is 1. The van der Waals surface area contributed by atoms with Gasteiger partial charge in [-0.15, -0.1) is 0 Å². The fraction of sp³-hybridized carbons (Fsp3) is 0.308. The first-order chi connectivity index (χ1) is 9.34. The molecule has 1 aromatic heterocycles. The van der Waals surface area contributed by atoms with Crippen LogP contribution in [-0.4, -0.2) is 29.1 Å². The molecular weight excluding hydrogens is 280 g/mol. The Labute approximate surface area is 119 Å². The average Bonchev–Trinajstić information content (AvgIpc) is 2.79. The molecule has 0 unspecified atom stereocenters. The van der Waals surface area contributed by atoms with Gasteiger partial charge in [0.15, 0.2) is 5.13 Å². The lowest BCUT2D eigenvalue weighted by atomic mass is 9.93. The zero-order valence-corrected chi connectivity index (χ0v) is 12.1. The SMILES string of the molecule is COc1ccc2nc(NC(=O)C(C)(C)C(=O)O)sc2c1. The Hall–Kier alpha value is -2.15. The van der Waals surface area contributed by atoms with E-state index in [2.05, 4.69) is 10.3 Å². The Morgan fingerprint density at radius 3 is 2.70 bits per heavy atom. The molecule has 1 heterocycles. The summed E-state index contributed by atoms with van der Waals surface area (Å²) in [7, 11) is 1.57. The maximum absolute atomic E-state index is 11.9. The number of benzene rings is 1. The second-order valence-corrected chi connectivity index (χ2v) is 5.77. The number of carboxylic acid groups (broad SMARTS) is 1. The molecule has 0 bridgehead atoms. The summed E-state index contributed by atoms with van der Waals surface area (Å²) in [6, 6.07) is 5.36. The molecular formula is C13H14N2O4S. The number of methoxy groups -OCH3 is 1. The highest BCUT2D eigenvalue weighted by Gasteiger charge is 2.36. The van der Waals surface area contributed by atoms with Gasteiger partial charge in [-0.2, -0.15) is 0 Å². The van der Waals surface area contributed by atoms with E-state index in [4.69, 9.17) is 9.84 Å². The number of carbonyl (C=O) groups excluding carboxylic acids is 1. The highest BCUT2D eigenvalue weighted by Crippen LogP contribution is 2.30. The van der Waals surface area contributed by atoms with Gasteiger partial charge in [-0.05, 0) is 32.0 Å². The highest BCUT2D eigenvalue weighted by molar-refractivity contribution is 7.22. The van der Waals surface area contributed by atoms with Crippen molar-refractivity contribution in [3.63, 3.8) is 0 Å². The minimum Gasteiger partial charge on any atom is -0.497 e. The van der Waals surface area contributed by atoms with E-state index in [1.807, 2.05) is 6.07 Å². The fourth-order valence-electron chi connectivity index (χ4n) is 1.44. The van der Waals surface area contributed by atoms with Crippen molar-refractivity contribution in [3.05, 3.63) is 18.2 Å². The first kappa shape index (κ1) is 14.3. The third-order valence-electron chi connectivity index (χ3n) is 2.92. The number of carbonyl (C=O) groups is 2. The summed E-state index contributed by atoms with van der Waals surface area (Å²) in [6.45, 7) is 2.70. The van der Waals surface area contributed by atoms with Gasteiger partial charge in [-0.1, -0.05) is 11.3 Å². The lowest BCUT2D eigenvalue weighted by Gasteiger charge is -2.16. The van der Waals surface area contributed by atoms with E-state index in [-0.39, 0.29) is 0 Å². The van der Waals surface area contributed by atoms with Crippen LogP contribution in [-0.2, 0) is 9.59 Å². The van der Waals surface area contributed by atoms with E-state index in [1.54, 1.807) is 19.2 Å². The predicted octanol–water partition coefficient (Wildman–Crippen LogP) is 2.35. The molecule has 7 heteroatoms. The number of nitrogens with one attached hydrogen (secondary N) is 1. The molecule has 0 radical (unpaired) electrons. The third-order valence-corrected chi connectivity index (χ3v) is 3.85. The normalized spacial score (nSPS) is 11.3. The summed E-state index contributed by atoms with van der Waals surface area (Å²) < 4.78 is 5.97. The van der Waals surface area contributed by atoms with Crippen LogP contribution < -0.4 is 10.1 Å². The van der Waals surface area contributed by atoms with Crippen LogP contribution >= 0.6 is 11.3 Å². The fourth-order valence-corrected chi connectivity index (χ4v) is 2.33. The van der Waals surface area contributed by atoms with Crippen molar-refractivity contribution < 1.29 is 19.4 Å². The molecule has 2 rings (SSSR count). The number of nitrogens with zero attached hydrogens (tertiary/aromatic N) is 1. The van der Waals surface area contributed by atoms with Gasteiger partial charge >= 0.3 is 5.97 Å². The van der Waals surface area contributed by atoms with Crippen LogP contribution in [0.2, 0.25) is 0 Å². The van der Waals surface area contributed by atoms with Crippen LogP contribution in [0.1, 0.15) is 13.8 Å². The number of amides is 1. The number of aliphatic carboxylic acids is 1. The molecule has 1 aromatic carbocycles. The van der Waals surface area contributed by atoms with E-state index in [0.29, 0.717) is 10.9 Å². The number of ether oxygens (including phenoxy) is 1. The van der Waals surface area contributed by atoms with Gasteiger partial charge < -0.3 is 15.2 Å². The van der Waals surface area contributed by atoms with E-state index in [1.165, 1.54) is 25.2 Å². The summed E-state index contributed by atoms with van der Waals surface area (Å²) in [4.78, 5) is 27.2. The monoisotopic (exact) mass is 294 g/mol. The van der Waals surface area contributed by atoms with Gasteiger partial charge in [-0.3, -0.25) is 9.59 Å². The molecule has 1 amide bonds. The maximum Gasteiger partial charge on any atom is 0.318 e. The zero-order valence-electron chi connectivity index (χ0n) is 11.3. The molecule has 0 aliphatic heterocycles. The minimum atomic E-state index is -1.50.